The summed E-state index contributed by atoms with van der Waals surface area (Å²) in [6.07, 6.45) is 0. The Kier molecular flexibility index (Phi) is 7.31. The molecule has 8 nitrogen and oxygen atoms in total. The number of rotatable bonds is 4. The summed E-state index contributed by atoms with van der Waals surface area (Å²) < 4.78 is 5.23. The van der Waals surface area contributed by atoms with Crippen molar-refractivity contribution in [3.63, 3.8) is 0 Å². The Labute approximate surface area is 178 Å². The zero-order chi connectivity index (χ0) is 21.7. The van der Waals surface area contributed by atoms with Crippen molar-refractivity contribution in [3.8, 4) is 0 Å². The zero-order valence-electron chi connectivity index (χ0n) is 18.2. The number of carbonyl (C=O) groups is 3. The molecule has 1 aromatic rings. The van der Waals surface area contributed by atoms with E-state index in [9.17, 15) is 14.4 Å². The molecule has 3 rings (SSSR count). The number of morpholine rings is 1. The Morgan fingerprint density at radius 3 is 1.87 bits per heavy atom. The van der Waals surface area contributed by atoms with Gasteiger partial charge in [0.2, 0.25) is 0 Å². The zero-order valence-corrected chi connectivity index (χ0v) is 18.2. The topological polar surface area (TPSA) is 73.4 Å². The first kappa shape index (κ1) is 22.1. The number of benzene rings is 1. The molecule has 2 fully saturated rings. The van der Waals surface area contributed by atoms with Gasteiger partial charge in [-0.15, -0.1) is 0 Å². The largest absolute Gasteiger partial charge is 0.378 e. The number of anilines is 1. The summed E-state index contributed by atoms with van der Waals surface area (Å²) >= 11 is 0. The molecule has 0 N–H and O–H groups in total. The van der Waals surface area contributed by atoms with Crippen LogP contribution in [-0.2, 0) is 14.3 Å². The van der Waals surface area contributed by atoms with Gasteiger partial charge in [-0.25, -0.2) is 0 Å². The molecule has 164 valence electrons. The monoisotopic (exact) mass is 416 g/mol. The van der Waals surface area contributed by atoms with E-state index in [2.05, 4.69) is 25.7 Å². The molecule has 0 spiro atoms. The van der Waals surface area contributed by atoms with Crippen LogP contribution in [0.15, 0.2) is 24.3 Å². The molecule has 3 amide bonds. The average Bonchev–Trinajstić information content (AvgIpc) is 2.79. The van der Waals surface area contributed by atoms with E-state index in [4.69, 9.17) is 4.74 Å². The van der Waals surface area contributed by atoms with Crippen LogP contribution < -0.4 is 4.90 Å². The van der Waals surface area contributed by atoms with Gasteiger partial charge in [0.1, 0.15) is 0 Å². The number of carbonyl (C=O) groups excluding carboxylic acids is 3. The minimum absolute atomic E-state index is 0.0410. The van der Waals surface area contributed by atoms with Crippen LogP contribution in [0.25, 0.3) is 0 Å². The lowest BCUT2D eigenvalue weighted by atomic mass is 10.1. The summed E-state index contributed by atoms with van der Waals surface area (Å²) in [4.78, 5) is 44.9. The third kappa shape index (κ3) is 4.92. The third-order valence-electron chi connectivity index (χ3n) is 5.75. The maximum absolute atomic E-state index is 12.9. The Morgan fingerprint density at radius 2 is 1.37 bits per heavy atom. The Morgan fingerprint density at radius 1 is 0.867 bits per heavy atom. The van der Waals surface area contributed by atoms with E-state index in [1.807, 2.05) is 24.3 Å². The number of hydrogen-bond donors (Lipinski definition) is 0. The summed E-state index contributed by atoms with van der Waals surface area (Å²) in [6, 6.07) is 8.08. The SMILES string of the molecule is CCN(c1ccc(C(=O)N2CCN(C(=O)C(=O)N3CCOCC3)CC2)cc1)C(C)C. The molecule has 0 bridgehead atoms. The number of nitrogens with zero attached hydrogens (tertiary/aromatic N) is 4. The predicted octanol–water partition coefficient (Wildman–Crippen LogP) is 1.06. The van der Waals surface area contributed by atoms with Crippen LogP contribution in [0.3, 0.4) is 0 Å². The molecular formula is C22H32N4O4. The van der Waals surface area contributed by atoms with Gasteiger partial charge in [0.25, 0.3) is 5.91 Å². The van der Waals surface area contributed by atoms with Crippen LogP contribution in [0.4, 0.5) is 5.69 Å². The molecule has 2 saturated heterocycles. The van der Waals surface area contributed by atoms with E-state index in [0.717, 1.165) is 12.2 Å². The first-order chi connectivity index (χ1) is 14.4. The van der Waals surface area contributed by atoms with Crippen molar-refractivity contribution in [3.05, 3.63) is 29.8 Å². The number of ether oxygens (including phenoxy) is 1. The molecule has 30 heavy (non-hydrogen) atoms. The van der Waals surface area contributed by atoms with Crippen molar-refractivity contribution in [1.82, 2.24) is 14.7 Å². The molecular weight excluding hydrogens is 384 g/mol. The highest BCUT2D eigenvalue weighted by molar-refractivity contribution is 6.34. The van der Waals surface area contributed by atoms with Crippen molar-refractivity contribution in [2.75, 3.05) is 63.9 Å². The van der Waals surface area contributed by atoms with Crippen molar-refractivity contribution in [2.24, 2.45) is 0 Å². The molecule has 0 radical (unpaired) electrons. The first-order valence-corrected chi connectivity index (χ1v) is 10.7. The second-order valence-electron chi connectivity index (χ2n) is 7.92. The summed E-state index contributed by atoms with van der Waals surface area (Å²) in [5, 5.41) is 0. The molecule has 0 unspecified atom stereocenters. The molecule has 2 heterocycles. The highest BCUT2D eigenvalue weighted by atomic mass is 16.5. The Bertz CT molecular complexity index is 751. The van der Waals surface area contributed by atoms with E-state index < -0.39 is 11.8 Å². The van der Waals surface area contributed by atoms with Crippen LogP contribution in [-0.4, -0.2) is 97.5 Å². The fourth-order valence-corrected chi connectivity index (χ4v) is 3.97. The molecule has 2 aliphatic rings. The maximum atomic E-state index is 12.9. The molecule has 0 aromatic heterocycles. The summed E-state index contributed by atoms with van der Waals surface area (Å²) in [5.41, 5.74) is 1.74. The van der Waals surface area contributed by atoms with Crippen LogP contribution in [0.1, 0.15) is 31.1 Å². The van der Waals surface area contributed by atoms with E-state index in [0.29, 0.717) is 64.1 Å². The molecule has 2 aliphatic heterocycles. The van der Waals surface area contributed by atoms with E-state index in [1.165, 1.54) is 0 Å². The van der Waals surface area contributed by atoms with Crippen LogP contribution in [0, 0.1) is 0 Å². The second kappa shape index (κ2) is 9.93. The van der Waals surface area contributed by atoms with E-state index >= 15 is 0 Å². The quantitative estimate of drug-likeness (QED) is 0.687. The fourth-order valence-electron chi connectivity index (χ4n) is 3.97. The van der Waals surface area contributed by atoms with E-state index in [-0.39, 0.29) is 5.91 Å². The molecule has 8 heteroatoms. The number of hydrogen-bond acceptors (Lipinski definition) is 5. The molecule has 1 aromatic carbocycles. The smallest absolute Gasteiger partial charge is 0.312 e. The van der Waals surface area contributed by atoms with E-state index in [1.54, 1.807) is 14.7 Å². The van der Waals surface area contributed by atoms with Gasteiger partial charge in [-0.3, -0.25) is 14.4 Å². The van der Waals surface area contributed by atoms with Crippen molar-refractivity contribution in [1.29, 1.82) is 0 Å². The highest BCUT2D eigenvalue weighted by Crippen LogP contribution is 2.19. The molecule has 0 atom stereocenters. The summed E-state index contributed by atoms with van der Waals surface area (Å²) in [6.45, 7) is 10.7. The fraction of sp³-hybridized carbons (Fsp3) is 0.591. The Hall–Kier alpha value is -2.61. The normalized spacial score (nSPS) is 17.3. The van der Waals surface area contributed by atoms with Gasteiger partial charge in [-0.2, -0.15) is 0 Å². The van der Waals surface area contributed by atoms with Crippen LogP contribution >= 0.6 is 0 Å². The first-order valence-electron chi connectivity index (χ1n) is 10.7. The Balaban J connectivity index is 1.54. The van der Waals surface area contributed by atoms with Gasteiger partial charge >= 0.3 is 11.8 Å². The summed E-state index contributed by atoms with van der Waals surface area (Å²) in [7, 11) is 0. The highest BCUT2D eigenvalue weighted by Gasteiger charge is 2.31. The van der Waals surface area contributed by atoms with Gasteiger partial charge in [0.05, 0.1) is 13.2 Å². The lowest BCUT2D eigenvalue weighted by molar-refractivity contribution is -0.154. The number of amides is 3. The summed E-state index contributed by atoms with van der Waals surface area (Å²) in [5.74, 6) is -0.998. The maximum Gasteiger partial charge on any atom is 0.312 e. The van der Waals surface area contributed by atoms with Crippen LogP contribution in [0.2, 0.25) is 0 Å². The lowest BCUT2D eigenvalue weighted by Crippen LogP contribution is -2.55. The predicted molar refractivity (Wildman–Crippen MR) is 114 cm³/mol. The minimum atomic E-state index is -0.485. The van der Waals surface area contributed by atoms with Crippen molar-refractivity contribution >= 4 is 23.4 Å². The van der Waals surface area contributed by atoms with Crippen LogP contribution in [0.5, 0.6) is 0 Å². The van der Waals surface area contributed by atoms with Crippen molar-refractivity contribution < 1.29 is 19.1 Å². The van der Waals surface area contributed by atoms with Gasteiger partial charge in [-0.1, -0.05) is 0 Å². The van der Waals surface area contributed by atoms with Gasteiger partial charge in [0, 0.05) is 63.1 Å². The second-order valence-corrected chi connectivity index (χ2v) is 7.92. The number of piperazine rings is 1. The molecule has 0 saturated carbocycles. The third-order valence-corrected chi connectivity index (χ3v) is 5.75. The standard InChI is InChI=1S/C22H32N4O4/c1-4-26(17(2)3)19-7-5-18(6-8-19)20(27)23-9-11-24(12-10-23)21(28)22(29)25-13-15-30-16-14-25/h5-8,17H,4,9-16H2,1-3H3. The van der Waals surface area contributed by atoms with Gasteiger partial charge in [-0.05, 0) is 45.0 Å². The molecule has 0 aliphatic carbocycles. The average molecular weight is 417 g/mol. The van der Waals surface area contributed by atoms with Gasteiger partial charge in [0.15, 0.2) is 0 Å². The van der Waals surface area contributed by atoms with Gasteiger partial charge < -0.3 is 24.3 Å². The minimum Gasteiger partial charge on any atom is -0.378 e. The lowest BCUT2D eigenvalue weighted by Gasteiger charge is -2.36. The van der Waals surface area contributed by atoms with Crippen molar-refractivity contribution in [2.45, 2.75) is 26.8 Å².